The van der Waals surface area contributed by atoms with Gasteiger partial charge in [0, 0.05) is 14.2 Å². The molecule has 0 aliphatic carbocycles. The number of rotatable bonds is 2. The Bertz CT molecular complexity index is 819. The van der Waals surface area contributed by atoms with Gasteiger partial charge in [-0.1, -0.05) is 28.9 Å². The number of nitrogen functional groups attached to an aromatic ring is 1. The van der Waals surface area contributed by atoms with Gasteiger partial charge < -0.3 is 10.3 Å². The fourth-order valence-corrected chi connectivity index (χ4v) is 3.00. The van der Waals surface area contributed by atoms with E-state index in [2.05, 4.69) is 5.16 Å². The Morgan fingerprint density at radius 1 is 1.19 bits per heavy atom. The van der Waals surface area contributed by atoms with Gasteiger partial charge in [0.2, 0.25) is 0 Å². The van der Waals surface area contributed by atoms with Crippen molar-refractivity contribution >= 4 is 40.0 Å². The maximum atomic E-state index is 13.3. The van der Waals surface area contributed by atoms with Gasteiger partial charge in [-0.25, -0.2) is 4.39 Å². The Balaban J connectivity index is 2.22. The molecule has 0 radical (unpaired) electrons. The molecule has 0 atom stereocenters. The number of aromatic nitrogens is 1. The van der Waals surface area contributed by atoms with E-state index in [4.69, 9.17) is 21.9 Å². The number of hydrogen-bond acceptors (Lipinski definition) is 3. The lowest BCUT2D eigenvalue weighted by Gasteiger charge is -2.05. The number of hydrogen-bond donors (Lipinski definition) is 1. The third-order valence-electron chi connectivity index (χ3n) is 3.01. The maximum absolute atomic E-state index is 13.3. The molecule has 2 aromatic carbocycles. The lowest BCUT2D eigenvalue weighted by atomic mass is 10.0. The summed E-state index contributed by atoms with van der Waals surface area (Å²) in [5, 5.41) is 4.42. The molecule has 3 rings (SSSR count). The second-order valence-corrected chi connectivity index (χ2v) is 6.01. The Morgan fingerprint density at radius 2 is 2.00 bits per heavy atom. The van der Waals surface area contributed by atoms with Crippen molar-refractivity contribution in [1.29, 1.82) is 0 Å². The lowest BCUT2D eigenvalue weighted by Crippen LogP contribution is -1.90. The van der Waals surface area contributed by atoms with Crippen LogP contribution >= 0.6 is 34.2 Å². The number of halogens is 3. The summed E-state index contributed by atoms with van der Waals surface area (Å²) in [5.74, 6) is 0.464. The molecule has 1 heterocycles. The first-order valence-corrected chi connectivity index (χ1v) is 7.48. The number of nitrogens with two attached hydrogens (primary N) is 1. The average molecular weight is 415 g/mol. The summed E-state index contributed by atoms with van der Waals surface area (Å²) in [4.78, 5) is 0. The Labute approximate surface area is 139 Å². The van der Waals surface area contributed by atoms with Crippen molar-refractivity contribution in [3.05, 3.63) is 56.9 Å². The normalized spacial score (nSPS) is 10.8. The SMILES string of the molecule is Nc1noc(-c2ccc(F)cc2I)c1-c1cccc(Cl)c1. The molecule has 3 nitrogen and oxygen atoms in total. The molecule has 0 saturated heterocycles. The highest BCUT2D eigenvalue weighted by molar-refractivity contribution is 14.1. The van der Waals surface area contributed by atoms with Gasteiger partial charge in [0.1, 0.15) is 5.82 Å². The molecule has 106 valence electrons. The summed E-state index contributed by atoms with van der Waals surface area (Å²) in [6.45, 7) is 0. The maximum Gasteiger partial charge on any atom is 0.177 e. The van der Waals surface area contributed by atoms with Crippen LogP contribution in [0.4, 0.5) is 10.2 Å². The van der Waals surface area contributed by atoms with Crippen molar-refractivity contribution in [2.75, 3.05) is 5.73 Å². The smallest absolute Gasteiger partial charge is 0.177 e. The minimum atomic E-state index is -0.306. The van der Waals surface area contributed by atoms with Crippen molar-refractivity contribution in [3.8, 4) is 22.5 Å². The second-order valence-electron chi connectivity index (χ2n) is 4.41. The van der Waals surface area contributed by atoms with Gasteiger partial charge in [-0.15, -0.1) is 0 Å². The largest absolute Gasteiger partial charge is 0.380 e. The molecule has 0 bridgehead atoms. The molecule has 0 unspecified atom stereocenters. The molecule has 21 heavy (non-hydrogen) atoms. The summed E-state index contributed by atoms with van der Waals surface area (Å²) in [7, 11) is 0. The molecule has 0 fully saturated rings. The fraction of sp³-hybridized carbons (Fsp3) is 0. The van der Waals surface area contributed by atoms with Crippen LogP contribution < -0.4 is 5.73 Å². The summed E-state index contributed by atoms with van der Waals surface area (Å²) in [6, 6.07) is 11.7. The lowest BCUT2D eigenvalue weighted by molar-refractivity contribution is 0.436. The van der Waals surface area contributed by atoms with Crippen LogP contribution in [-0.2, 0) is 0 Å². The minimum Gasteiger partial charge on any atom is -0.380 e. The van der Waals surface area contributed by atoms with Crippen LogP contribution in [0.25, 0.3) is 22.5 Å². The standard InChI is InChI=1S/C15H9ClFIN2O/c16-9-3-1-2-8(6-9)13-14(21-20-15(13)19)11-5-4-10(17)7-12(11)18/h1-7H,(H2,19,20). The van der Waals surface area contributed by atoms with E-state index in [1.807, 2.05) is 34.7 Å². The number of anilines is 1. The van der Waals surface area contributed by atoms with E-state index < -0.39 is 0 Å². The molecular weight excluding hydrogens is 406 g/mol. The van der Waals surface area contributed by atoms with E-state index >= 15 is 0 Å². The van der Waals surface area contributed by atoms with E-state index in [-0.39, 0.29) is 11.6 Å². The van der Waals surface area contributed by atoms with Gasteiger partial charge in [0.15, 0.2) is 11.6 Å². The van der Waals surface area contributed by atoms with E-state index in [9.17, 15) is 4.39 Å². The highest BCUT2D eigenvalue weighted by Crippen LogP contribution is 2.39. The van der Waals surface area contributed by atoms with Crippen LogP contribution in [0.2, 0.25) is 5.02 Å². The van der Waals surface area contributed by atoms with Crippen molar-refractivity contribution in [1.82, 2.24) is 5.16 Å². The molecule has 3 aromatic rings. The zero-order chi connectivity index (χ0) is 15.0. The molecule has 0 amide bonds. The number of benzene rings is 2. The van der Waals surface area contributed by atoms with Crippen LogP contribution in [0.3, 0.4) is 0 Å². The summed E-state index contributed by atoms with van der Waals surface area (Å²) < 4.78 is 19.3. The van der Waals surface area contributed by atoms with Gasteiger partial charge in [-0.2, -0.15) is 0 Å². The van der Waals surface area contributed by atoms with E-state index in [1.54, 1.807) is 18.2 Å². The Morgan fingerprint density at radius 3 is 2.71 bits per heavy atom. The second kappa shape index (κ2) is 5.65. The summed E-state index contributed by atoms with van der Waals surface area (Å²) >= 11 is 8.07. The predicted molar refractivity (Wildman–Crippen MR) is 89.5 cm³/mol. The zero-order valence-electron chi connectivity index (χ0n) is 10.6. The van der Waals surface area contributed by atoms with Crippen molar-refractivity contribution in [2.45, 2.75) is 0 Å². The first-order chi connectivity index (χ1) is 10.1. The van der Waals surface area contributed by atoms with Gasteiger partial charge in [0.25, 0.3) is 0 Å². The number of nitrogens with zero attached hydrogens (tertiary/aromatic N) is 1. The molecule has 2 N–H and O–H groups in total. The zero-order valence-corrected chi connectivity index (χ0v) is 13.5. The van der Waals surface area contributed by atoms with Crippen LogP contribution in [-0.4, -0.2) is 5.16 Å². The topological polar surface area (TPSA) is 52.0 Å². The van der Waals surface area contributed by atoms with Gasteiger partial charge >= 0.3 is 0 Å². The summed E-state index contributed by atoms with van der Waals surface area (Å²) in [6.07, 6.45) is 0. The summed E-state index contributed by atoms with van der Waals surface area (Å²) in [5.41, 5.74) is 8.11. The molecule has 6 heteroatoms. The first-order valence-electron chi connectivity index (χ1n) is 6.03. The highest BCUT2D eigenvalue weighted by atomic mass is 127. The molecule has 0 aliphatic heterocycles. The monoisotopic (exact) mass is 414 g/mol. The van der Waals surface area contributed by atoms with E-state index in [1.165, 1.54) is 12.1 Å². The predicted octanol–water partition coefficient (Wildman–Crippen LogP) is 4.99. The third-order valence-corrected chi connectivity index (χ3v) is 4.14. The van der Waals surface area contributed by atoms with Crippen LogP contribution in [0.15, 0.2) is 47.0 Å². The van der Waals surface area contributed by atoms with Crippen LogP contribution in [0.1, 0.15) is 0 Å². The van der Waals surface area contributed by atoms with Gasteiger partial charge in [0.05, 0.1) is 5.56 Å². The quantitative estimate of drug-likeness (QED) is 0.601. The van der Waals surface area contributed by atoms with Crippen LogP contribution in [0.5, 0.6) is 0 Å². The van der Waals surface area contributed by atoms with Crippen LogP contribution in [0, 0.1) is 9.39 Å². The molecule has 1 aromatic heterocycles. The fourth-order valence-electron chi connectivity index (χ4n) is 2.08. The molecule has 0 saturated carbocycles. The highest BCUT2D eigenvalue weighted by Gasteiger charge is 2.20. The van der Waals surface area contributed by atoms with Crippen molar-refractivity contribution in [3.63, 3.8) is 0 Å². The average Bonchev–Trinajstić information content (AvgIpc) is 2.80. The molecule has 0 aliphatic rings. The third kappa shape index (κ3) is 2.75. The van der Waals surface area contributed by atoms with Gasteiger partial charge in [-0.3, -0.25) is 0 Å². The minimum absolute atomic E-state index is 0.271. The first kappa shape index (κ1) is 14.3. The van der Waals surface area contributed by atoms with E-state index in [0.717, 1.165) is 11.1 Å². The Hall–Kier alpha value is -1.60. The molecule has 0 spiro atoms. The van der Waals surface area contributed by atoms with Crippen molar-refractivity contribution < 1.29 is 8.91 Å². The van der Waals surface area contributed by atoms with Crippen molar-refractivity contribution in [2.24, 2.45) is 0 Å². The Kier molecular flexibility index (Phi) is 3.86. The molecular formula is C15H9ClFIN2O. The van der Waals surface area contributed by atoms with Gasteiger partial charge in [-0.05, 0) is 58.5 Å². The van der Waals surface area contributed by atoms with E-state index in [0.29, 0.717) is 19.9 Å².